The first-order valence-corrected chi connectivity index (χ1v) is 8.90. The highest BCUT2D eigenvalue weighted by atomic mass is 19.1. The van der Waals surface area contributed by atoms with Gasteiger partial charge in [-0.1, -0.05) is 42.5 Å². The lowest BCUT2D eigenvalue weighted by Gasteiger charge is -2.11. The second-order valence-electron chi connectivity index (χ2n) is 6.34. The third kappa shape index (κ3) is 4.01. The second-order valence-corrected chi connectivity index (χ2v) is 6.34. The normalized spacial score (nSPS) is 10.6. The highest BCUT2D eigenvalue weighted by molar-refractivity contribution is 5.67. The first kappa shape index (κ1) is 17.7. The number of benzene rings is 2. The van der Waals surface area contributed by atoms with Crippen LogP contribution in [0.1, 0.15) is 11.4 Å². The van der Waals surface area contributed by atoms with E-state index in [1.165, 1.54) is 6.07 Å². The Labute approximate surface area is 162 Å². The van der Waals surface area contributed by atoms with E-state index < -0.39 is 0 Å². The summed E-state index contributed by atoms with van der Waals surface area (Å²) in [5.74, 6) is 1.43. The SMILES string of the molecule is Cc1cnc(CNc2cc(-c3ccccc3F)nc(-c3ccccc3)n2)nc1. The fraction of sp³-hybridized carbons (Fsp3) is 0.0909. The molecule has 0 aliphatic heterocycles. The maximum absolute atomic E-state index is 14.3. The van der Waals surface area contributed by atoms with Crippen LogP contribution in [0.15, 0.2) is 73.1 Å². The molecule has 2 aromatic carbocycles. The third-order valence-electron chi connectivity index (χ3n) is 4.17. The number of aryl methyl sites for hydroxylation is 1. The highest BCUT2D eigenvalue weighted by Gasteiger charge is 2.12. The third-order valence-corrected chi connectivity index (χ3v) is 4.17. The topological polar surface area (TPSA) is 63.6 Å². The lowest BCUT2D eigenvalue weighted by atomic mass is 10.1. The van der Waals surface area contributed by atoms with Crippen LogP contribution >= 0.6 is 0 Å². The van der Waals surface area contributed by atoms with Crippen LogP contribution in [0, 0.1) is 12.7 Å². The van der Waals surface area contributed by atoms with Crippen molar-refractivity contribution in [2.24, 2.45) is 0 Å². The Hall–Kier alpha value is -3.67. The zero-order valence-electron chi connectivity index (χ0n) is 15.3. The van der Waals surface area contributed by atoms with E-state index in [9.17, 15) is 4.39 Å². The van der Waals surface area contributed by atoms with Gasteiger partial charge >= 0.3 is 0 Å². The molecule has 6 heteroatoms. The number of halogens is 1. The summed E-state index contributed by atoms with van der Waals surface area (Å²) in [7, 11) is 0. The van der Waals surface area contributed by atoms with E-state index in [2.05, 4.69) is 25.3 Å². The quantitative estimate of drug-likeness (QED) is 0.553. The Kier molecular flexibility index (Phi) is 5.01. The Balaban J connectivity index is 1.71. The number of nitrogens with zero attached hydrogens (tertiary/aromatic N) is 4. The molecule has 0 unspecified atom stereocenters. The predicted molar refractivity (Wildman–Crippen MR) is 107 cm³/mol. The van der Waals surface area contributed by atoms with Gasteiger partial charge in [0.1, 0.15) is 17.5 Å². The molecule has 0 saturated carbocycles. The zero-order chi connectivity index (χ0) is 19.3. The van der Waals surface area contributed by atoms with Crippen molar-refractivity contribution < 1.29 is 4.39 Å². The molecule has 0 amide bonds. The van der Waals surface area contributed by atoms with E-state index in [1.807, 2.05) is 37.3 Å². The van der Waals surface area contributed by atoms with Gasteiger partial charge in [0.15, 0.2) is 5.82 Å². The summed E-state index contributed by atoms with van der Waals surface area (Å²) in [6, 6.07) is 17.9. The van der Waals surface area contributed by atoms with E-state index in [-0.39, 0.29) is 5.82 Å². The first-order valence-electron chi connectivity index (χ1n) is 8.90. The average Bonchev–Trinajstić information content (AvgIpc) is 2.74. The molecule has 1 N–H and O–H groups in total. The minimum atomic E-state index is -0.326. The van der Waals surface area contributed by atoms with E-state index in [4.69, 9.17) is 0 Å². The van der Waals surface area contributed by atoms with E-state index in [0.717, 1.165) is 11.1 Å². The summed E-state index contributed by atoms with van der Waals surface area (Å²) in [4.78, 5) is 17.8. The Morgan fingerprint density at radius 1 is 0.893 bits per heavy atom. The maximum atomic E-state index is 14.3. The summed E-state index contributed by atoms with van der Waals surface area (Å²) in [5.41, 5.74) is 2.80. The molecule has 0 spiro atoms. The number of hydrogen-bond acceptors (Lipinski definition) is 5. The zero-order valence-corrected chi connectivity index (χ0v) is 15.3. The minimum Gasteiger partial charge on any atom is -0.363 e. The van der Waals surface area contributed by atoms with E-state index in [0.29, 0.717) is 35.3 Å². The van der Waals surface area contributed by atoms with Crippen LogP contribution in [0.3, 0.4) is 0 Å². The van der Waals surface area contributed by atoms with Gasteiger partial charge in [-0.25, -0.2) is 24.3 Å². The summed E-state index contributed by atoms with van der Waals surface area (Å²) < 4.78 is 14.3. The molecule has 28 heavy (non-hydrogen) atoms. The minimum absolute atomic E-state index is 0.326. The lowest BCUT2D eigenvalue weighted by molar-refractivity contribution is 0.630. The largest absolute Gasteiger partial charge is 0.363 e. The van der Waals surface area contributed by atoms with Crippen LogP contribution in [0.4, 0.5) is 10.2 Å². The van der Waals surface area contributed by atoms with E-state index in [1.54, 1.807) is 36.7 Å². The molecule has 0 atom stereocenters. The van der Waals surface area contributed by atoms with Gasteiger partial charge in [0.05, 0.1) is 12.2 Å². The van der Waals surface area contributed by atoms with Crippen LogP contribution in [-0.4, -0.2) is 19.9 Å². The molecule has 5 nitrogen and oxygen atoms in total. The summed E-state index contributed by atoms with van der Waals surface area (Å²) in [6.07, 6.45) is 3.54. The summed E-state index contributed by atoms with van der Waals surface area (Å²) in [6.45, 7) is 2.34. The molecule has 4 rings (SSSR count). The van der Waals surface area contributed by atoms with Crippen LogP contribution < -0.4 is 5.32 Å². The number of nitrogens with one attached hydrogen (secondary N) is 1. The van der Waals surface area contributed by atoms with Crippen molar-refractivity contribution in [1.29, 1.82) is 0 Å². The fourth-order valence-corrected chi connectivity index (χ4v) is 2.74. The fourth-order valence-electron chi connectivity index (χ4n) is 2.74. The standard InChI is InChI=1S/C22H18FN5/c1-15-12-24-21(25-13-15)14-26-20-11-19(17-9-5-6-10-18(17)23)27-22(28-20)16-7-3-2-4-8-16/h2-13H,14H2,1H3,(H,26,27,28). The molecule has 0 saturated heterocycles. The molecule has 2 heterocycles. The van der Waals surface area contributed by atoms with Crippen molar-refractivity contribution >= 4 is 5.82 Å². The van der Waals surface area contributed by atoms with Gasteiger partial charge in [-0.2, -0.15) is 0 Å². The Morgan fingerprint density at radius 3 is 2.36 bits per heavy atom. The molecule has 4 aromatic rings. The van der Waals surface area contributed by atoms with Crippen molar-refractivity contribution in [3.8, 4) is 22.6 Å². The van der Waals surface area contributed by atoms with Crippen molar-refractivity contribution in [3.05, 3.63) is 90.3 Å². The Morgan fingerprint density at radius 2 is 1.61 bits per heavy atom. The monoisotopic (exact) mass is 371 g/mol. The number of hydrogen-bond donors (Lipinski definition) is 1. The van der Waals surface area contributed by atoms with Gasteiger partial charge < -0.3 is 5.32 Å². The number of aromatic nitrogens is 4. The second kappa shape index (κ2) is 7.92. The van der Waals surface area contributed by atoms with Crippen molar-refractivity contribution in [2.75, 3.05) is 5.32 Å². The number of anilines is 1. The average molecular weight is 371 g/mol. The highest BCUT2D eigenvalue weighted by Crippen LogP contribution is 2.26. The first-order chi connectivity index (χ1) is 13.7. The maximum Gasteiger partial charge on any atom is 0.162 e. The Bertz CT molecular complexity index is 1080. The van der Waals surface area contributed by atoms with E-state index >= 15 is 0 Å². The molecule has 0 fully saturated rings. The number of rotatable bonds is 5. The lowest BCUT2D eigenvalue weighted by Crippen LogP contribution is -2.07. The van der Waals surface area contributed by atoms with Gasteiger partial charge in [-0.15, -0.1) is 0 Å². The van der Waals surface area contributed by atoms with Gasteiger partial charge in [0.2, 0.25) is 0 Å². The van der Waals surface area contributed by atoms with Crippen molar-refractivity contribution in [1.82, 2.24) is 19.9 Å². The van der Waals surface area contributed by atoms with Gasteiger partial charge in [0, 0.05) is 29.6 Å². The molecular weight excluding hydrogens is 353 g/mol. The molecule has 0 aliphatic carbocycles. The van der Waals surface area contributed by atoms with Crippen LogP contribution in [0.5, 0.6) is 0 Å². The van der Waals surface area contributed by atoms with Gasteiger partial charge in [-0.3, -0.25) is 0 Å². The van der Waals surface area contributed by atoms with Crippen molar-refractivity contribution in [3.63, 3.8) is 0 Å². The van der Waals surface area contributed by atoms with Gasteiger partial charge in [0.25, 0.3) is 0 Å². The van der Waals surface area contributed by atoms with Crippen LogP contribution in [-0.2, 0) is 6.54 Å². The smallest absolute Gasteiger partial charge is 0.162 e. The predicted octanol–water partition coefficient (Wildman–Crippen LogP) is 4.66. The van der Waals surface area contributed by atoms with Crippen LogP contribution in [0.2, 0.25) is 0 Å². The summed E-state index contributed by atoms with van der Waals surface area (Å²) >= 11 is 0. The van der Waals surface area contributed by atoms with Gasteiger partial charge in [-0.05, 0) is 24.6 Å². The van der Waals surface area contributed by atoms with Crippen LogP contribution in [0.25, 0.3) is 22.6 Å². The summed E-state index contributed by atoms with van der Waals surface area (Å²) in [5, 5.41) is 3.22. The molecule has 0 aliphatic rings. The molecule has 0 bridgehead atoms. The molecule has 0 radical (unpaired) electrons. The molecule has 138 valence electrons. The molecule has 2 aromatic heterocycles. The molecular formula is C22H18FN5. The van der Waals surface area contributed by atoms with Crippen molar-refractivity contribution in [2.45, 2.75) is 13.5 Å².